The van der Waals surface area contributed by atoms with E-state index in [1.54, 1.807) is 30.3 Å². The lowest BCUT2D eigenvalue weighted by molar-refractivity contribution is -0.118. The van der Waals surface area contributed by atoms with Gasteiger partial charge >= 0.3 is 0 Å². The van der Waals surface area contributed by atoms with Gasteiger partial charge in [-0.15, -0.1) is 0 Å². The first-order chi connectivity index (χ1) is 18.3. The topological polar surface area (TPSA) is 148 Å². The number of likely N-dealkylation sites (tertiary alicyclic amines) is 1. The number of pyridine rings is 1. The van der Waals surface area contributed by atoms with Crippen LogP contribution in [-0.4, -0.2) is 45.8 Å². The van der Waals surface area contributed by atoms with Gasteiger partial charge < -0.3 is 29.7 Å². The fourth-order valence-electron chi connectivity index (χ4n) is 5.92. The zero-order valence-electron chi connectivity index (χ0n) is 21.1. The molecule has 1 unspecified atom stereocenters. The summed E-state index contributed by atoms with van der Waals surface area (Å²) in [5.41, 5.74) is 6.98. The van der Waals surface area contributed by atoms with Crippen molar-refractivity contribution in [1.29, 1.82) is 0 Å². The molecular weight excluding hydrogens is 490 g/mol. The number of fused-ring (bicyclic) bond motifs is 4. The number of primary amides is 1. The molecule has 2 bridgehead atoms. The minimum atomic E-state index is -0.837. The number of hydrogen-bond donors (Lipinski definition) is 3. The number of nitrogens with zero attached hydrogens (tertiary/aromatic N) is 2. The summed E-state index contributed by atoms with van der Waals surface area (Å²) >= 11 is 0. The van der Waals surface area contributed by atoms with Crippen LogP contribution in [0.1, 0.15) is 53.0 Å². The van der Waals surface area contributed by atoms with Gasteiger partial charge in [-0.3, -0.25) is 19.3 Å². The van der Waals surface area contributed by atoms with Crippen molar-refractivity contribution in [2.45, 2.75) is 44.4 Å². The van der Waals surface area contributed by atoms with Crippen molar-refractivity contribution >= 4 is 5.91 Å². The Kier molecular flexibility index (Phi) is 7.09. The number of ether oxygens (including phenoxy) is 1. The minimum absolute atomic E-state index is 0.0169. The van der Waals surface area contributed by atoms with Crippen LogP contribution in [0, 0.1) is 5.92 Å². The second-order valence-electron chi connectivity index (χ2n) is 10.1. The maximum Gasteiger partial charge on any atom is 0.250 e. The molecule has 1 aromatic carbocycles. The highest BCUT2D eigenvalue weighted by atomic mass is 16.5. The van der Waals surface area contributed by atoms with Crippen molar-refractivity contribution in [1.82, 2.24) is 9.47 Å². The number of piperidine rings is 1. The molecule has 1 saturated heterocycles. The third kappa shape index (κ3) is 4.97. The van der Waals surface area contributed by atoms with Crippen LogP contribution >= 0.6 is 0 Å². The summed E-state index contributed by atoms with van der Waals surface area (Å²) in [5, 5.41) is 20.4. The number of benzene rings is 1. The third-order valence-corrected chi connectivity index (χ3v) is 7.53. The van der Waals surface area contributed by atoms with E-state index in [9.17, 15) is 24.6 Å². The lowest BCUT2D eigenvalue weighted by atomic mass is 9.83. The van der Waals surface area contributed by atoms with Gasteiger partial charge in [-0.05, 0) is 36.1 Å². The van der Waals surface area contributed by atoms with Crippen LogP contribution in [0.4, 0.5) is 0 Å². The zero-order chi connectivity index (χ0) is 27.0. The largest absolute Gasteiger partial charge is 0.502 e. The number of aliphatic hydroxyl groups excluding tert-OH is 1. The monoisotopic (exact) mass is 521 g/mol. The molecule has 38 heavy (non-hydrogen) atoms. The number of hydrogen-bond acceptors (Lipinski definition) is 8. The van der Waals surface area contributed by atoms with Crippen molar-refractivity contribution < 1.29 is 24.2 Å². The Hall–Kier alpha value is -3.89. The van der Waals surface area contributed by atoms with Crippen LogP contribution < -0.4 is 21.5 Å². The molecule has 10 heteroatoms. The quantitative estimate of drug-likeness (QED) is 0.405. The van der Waals surface area contributed by atoms with Crippen LogP contribution in [0.25, 0.3) is 0 Å². The fourth-order valence-corrected chi connectivity index (χ4v) is 5.92. The number of nitrogens with two attached hydrogens (primary N) is 1. The van der Waals surface area contributed by atoms with Crippen LogP contribution in [0.2, 0.25) is 0 Å². The molecule has 1 amide bonds. The summed E-state index contributed by atoms with van der Waals surface area (Å²) in [5.74, 6) is -0.786. The molecule has 0 aliphatic carbocycles. The normalized spacial score (nSPS) is 19.5. The summed E-state index contributed by atoms with van der Waals surface area (Å²) in [6, 6.07) is 11.6. The number of aromatic nitrogens is 1. The average Bonchev–Trinajstić information content (AvgIpc) is 2.89. The summed E-state index contributed by atoms with van der Waals surface area (Å²) in [6.07, 6.45) is 0.784. The van der Waals surface area contributed by atoms with E-state index >= 15 is 0 Å². The highest BCUT2D eigenvalue weighted by molar-refractivity contribution is 5.75. The zero-order valence-corrected chi connectivity index (χ0v) is 21.1. The number of aliphatic hydroxyl groups is 1. The lowest BCUT2D eigenvalue weighted by Gasteiger charge is -2.42. The van der Waals surface area contributed by atoms with E-state index in [0.29, 0.717) is 48.2 Å². The highest BCUT2D eigenvalue weighted by Gasteiger charge is 2.35. The maximum absolute atomic E-state index is 12.8. The minimum Gasteiger partial charge on any atom is -0.502 e. The molecule has 4 heterocycles. The number of carbonyl (C=O) groups is 1. The standard InChI is InChI=1S/C28H31N3O7/c1-37-24-6-5-17(8-19(24)15-32)21(10-25(29)34)28-27(36)23(33)9-20(38-28)14-30-11-16-7-18(13-30)22-3-2-4-26(35)31(22)12-16/h2-6,8-9,16,18,21,32,36H,7,10-15H2,1H3,(H2,29,34)/t16-,18+,21?/m1/s1. The number of aromatic hydroxyl groups is 1. The second kappa shape index (κ2) is 10.5. The van der Waals surface area contributed by atoms with Gasteiger partial charge in [0.05, 0.1) is 26.2 Å². The molecule has 0 saturated carbocycles. The lowest BCUT2D eigenvalue weighted by Crippen LogP contribution is -2.46. The molecule has 0 radical (unpaired) electrons. The van der Waals surface area contributed by atoms with Crippen LogP contribution in [-0.2, 0) is 24.5 Å². The van der Waals surface area contributed by atoms with Crippen LogP contribution in [0.3, 0.4) is 0 Å². The van der Waals surface area contributed by atoms with E-state index in [0.717, 1.165) is 18.7 Å². The Morgan fingerprint density at radius 3 is 2.74 bits per heavy atom. The van der Waals surface area contributed by atoms with Crippen molar-refractivity contribution in [3.05, 3.63) is 91.4 Å². The second-order valence-corrected chi connectivity index (χ2v) is 10.1. The highest BCUT2D eigenvalue weighted by Crippen LogP contribution is 2.37. The van der Waals surface area contributed by atoms with Crippen molar-refractivity contribution in [2.75, 3.05) is 20.2 Å². The van der Waals surface area contributed by atoms with Crippen LogP contribution in [0.15, 0.2) is 56.5 Å². The molecule has 2 aliphatic rings. The van der Waals surface area contributed by atoms with E-state index in [1.165, 1.54) is 13.2 Å². The summed E-state index contributed by atoms with van der Waals surface area (Å²) in [4.78, 5) is 39.3. The smallest absolute Gasteiger partial charge is 0.250 e. The van der Waals surface area contributed by atoms with Gasteiger partial charge in [0.2, 0.25) is 17.1 Å². The van der Waals surface area contributed by atoms with Gasteiger partial charge in [-0.1, -0.05) is 12.1 Å². The molecule has 4 N–H and O–H groups in total. The molecule has 5 rings (SSSR count). The Morgan fingerprint density at radius 1 is 1.18 bits per heavy atom. The Bertz CT molecular complexity index is 1480. The molecule has 3 atom stereocenters. The SMILES string of the molecule is COc1ccc(C(CC(N)=O)c2oc(CN3C[C@H]4C[C@@H](C3)c3cccc(=O)n3C4)cc(=O)c2O)cc1CO. The van der Waals surface area contributed by atoms with E-state index in [-0.39, 0.29) is 30.3 Å². The number of rotatable bonds is 8. The van der Waals surface area contributed by atoms with E-state index in [4.69, 9.17) is 14.9 Å². The molecule has 3 aromatic rings. The molecule has 2 aliphatic heterocycles. The molecule has 200 valence electrons. The maximum atomic E-state index is 12.8. The van der Waals surface area contributed by atoms with Crippen LogP contribution in [0.5, 0.6) is 11.5 Å². The van der Waals surface area contributed by atoms with Crippen molar-refractivity contribution in [3.63, 3.8) is 0 Å². The van der Waals surface area contributed by atoms with Gasteiger partial charge in [0, 0.05) is 55.4 Å². The summed E-state index contributed by atoms with van der Waals surface area (Å²) in [7, 11) is 1.48. The molecule has 1 fully saturated rings. The molecule has 10 nitrogen and oxygen atoms in total. The van der Waals surface area contributed by atoms with E-state index in [1.807, 2.05) is 10.6 Å². The first-order valence-corrected chi connectivity index (χ1v) is 12.6. The molecule has 2 aromatic heterocycles. The predicted octanol–water partition coefficient (Wildman–Crippen LogP) is 1.63. The number of carbonyl (C=O) groups excluding carboxylic acids is 1. The molecule has 0 spiro atoms. The predicted molar refractivity (Wildman–Crippen MR) is 138 cm³/mol. The Morgan fingerprint density at radius 2 is 2.00 bits per heavy atom. The van der Waals surface area contributed by atoms with E-state index < -0.39 is 23.0 Å². The number of amides is 1. The van der Waals surface area contributed by atoms with Gasteiger partial charge in [0.1, 0.15) is 11.5 Å². The van der Waals surface area contributed by atoms with Gasteiger partial charge in [-0.25, -0.2) is 0 Å². The third-order valence-electron chi connectivity index (χ3n) is 7.53. The van der Waals surface area contributed by atoms with Gasteiger partial charge in [0.15, 0.2) is 5.76 Å². The summed E-state index contributed by atoms with van der Waals surface area (Å²) in [6.45, 7) is 2.12. The van der Waals surface area contributed by atoms with Gasteiger partial charge in [0.25, 0.3) is 5.56 Å². The van der Waals surface area contributed by atoms with Crippen molar-refractivity contribution in [2.24, 2.45) is 11.7 Å². The average molecular weight is 522 g/mol. The number of methoxy groups -OCH3 is 1. The van der Waals surface area contributed by atoms with E-state index in [2.05, 4.69) is 4.90 Å². The molecular formula is C28H31N3O7. The first kappa shape index (κ1) is 25.7. The fraction of sp³-hybridized carbons (Fsp3) is 0.393. The van der Waals surface area contributed by atoms with Gasteiger partial charge in [-0.2, -0.15) is 0 Å². The summed E-state index contributed by atoms with van der Waals surface area (Å²) < 4.78 is 13.2. The Balaban J connectivity index is 1.46. The van der Waals surface area contributed by atoms with Crippen molar-refractivity contribution in [3.8, 4) is 11.5 Å². The first-order valence-electron chi connectivity index (χ1n) is 12.6. The Labute approximate surface area is 218 Å².